The van der Waals surface area contributed by atoms with E-state index in [1.807, 2.05) is 4.68 Å². The average molecular weight is 362 g/mol. The molecule has 1 aromatic carbocycles. The summed E-state index contributed by atoms with van der Waals surface area (Å²) in [6.07, 6.45) is 0.367. The molecule has 0 radical (unpaired) electrons. The highest BCUT2D eigenvalue weighted by molar-refractivity contribution is 5.88. The number of halogens is 3. The third-order valence-electron chi connectivity index (χ3n) is 4.53. The van der Waals surface area contributed by atoms with E-state index in [9.17, 15) is 13.2 Å². The van der Waals surface area contributed by atoms with Gasteiger partial charge in [0.15, 0.2) is 5.65 Å². The number of alkyl halides is 3. The Balaban J connectivity index is 1.72. The maximum atomic E-state index is 13.2. The van der Waals surface area contributed by atoms with Crippen LogP contribution in [0.25, 0.3) is 11.0 Å². The molecule has 9 heteroatoms. The predicted molar refractivity (Wildman–Crippen MR) is 91.2 cm³/mol. The molecular formula is C17H17F3N6. The van der Waals surface area contributed by atoms with Gasteiger partial charge in [-0.05, 0) is 38.1 Å². The van der Waals surface area contributed by atoms with Gasteiger partial charge in [0.05, 0.1) is 28.9 Å². The minimum absolute atomic E-state index is 0.0467. The first-order chi connectivity index (χ1) is 12.5. The molecule has 0 saturated carbocycles. The molecule has 0 spiro atoms. The van der Waals surface area contributed by atoms with Crippen LogP contribution in [0.1, 0.15) is 24.4 Å². The number of piperidine rings is 1. The van der Waals surface area contributed by atoms with Crippen molar-refractivity contribution in [3.8, 4) is 0 Å². The Morgan fingerprint density at radius 3 is 2.65 bits per heavy atom. The molecule has 0 unspecified atom stereocenters. The Bertz CT molecular complexity index is 914. The van der Waals surface area contributed by atoms with E-state index in [1.165, 1.54) is 18.5 Å². The van der Waals surface area contributed by atoms with Crippen molar-refractivity contribution in [2.75, 3.05) is 18.4 Å². The first-order valence-corrected chi connectivity index (χ1v) is 8.36. The molecule has 1 aliphatic heterocycles. The fourth-order valence-corrected chi connectivity index (χ4v) is 3.25. The van der Waals surface area contributed by atoms with Crippen LogP contribution in [0.2, 0.25) is 0 Å². The minimum Gasteiger partial charge on any atom is -0.339 e. The van der Waals surface area contributed by atoms with Gasteiger partial charge in [-0.25, -0.2) is 14.6 Å². The number of hydrogen-bond acceptors (Lipinski definition) is 5. The quantitative estimate of drug-likeness (QED) is 0.746. The average Bonchev–Trinajstić information content (AvgIpc) is 3.07. The molecule has 1 saturated heterocycles. The Kier molecular flexibility index (Phi) is 4.23. The lowest BCUT2D eigenvalue weighted by molar-refractivity contribution is -0.136. The fraction of sp³-hybridized carbons (Fsp3) is 0.353. The van der Waals surface area contributed by atoms with Crippen LogP contribution in [0.5, 0.6) is 0 Å². The SMILES string of the molecule is FC(F)(F)c1ccccc1Nc1ncnc2c1cnn2C1CCNCC1. The summed E-state index contributed by atoms with van der Waals surface area (Å²) in [5.74, 6) is 0.312. The molecule has 1 aliphatic rings. The van der Waals surface area contributed by atoms with Crippen LogP contribution in [0.15, 0.2) is 36.8 Å². The number of fused-ring (bicyclic) bond motifs is 1. The smallest absolute Gasteiger partial charge is 0.339 e. The van der Waals surface area contributed by atoms with Gasteiger partial charge < -0.3 is 10.6 Å². The lowest BCUT2D eigenvalue weighted by atomic mass is 10.1. The first kappa shape index (κ1) is 16.8. The Morgan fingerprint density at radius 2 is 1.88 bits per heavy atom. The summed E-state index contributed by atoms with van der Waals surface area (Å²) in [5, 5.41) is 11.1. The van der Waals surface area contributed by atoms with Gasteiger partial charge >= 0.3 is 6.18 Å². The van der Waals surface area contributed by atoms with Crippen LogP contribution in [0.4, 0.5) is 24.7 Å². The van der Waals surface area contributed by atoms with Gasteiger partial charge in [-0.2, -0.15) is 18.3 Å². The van der Waals surface area contributed by atoms with E-state index in [4.69, 9.17) is 0 Å². The highest BCUT2D eigenvalue weighted by Crippen LogP contribution is 2.36. The molecule has 0 atom stereocenters. The lowest BCUT2D eigenvalue weighted by Crippen LogP contribution is -2.29. The second-order valence-electron chi connectivity index (χ2n) is 6.20. The van der Waals surface area contributed by atoms with Gasteiger partial charge in [-0.15, -0.1) is 0 Å². The zero-order valence-electron chi connectivity index (χ0n) is 13.8. The third-order valence-corrected chi connectivity index (χ3v) is 4.53. The van der Waals surface area contributed by atoms with E-state index < -0.39 is 11.7 Å². The third kappa shape index (κ3) is 3.10. The van der Waals surface area contributed by atoms with E-state index >= 15 is 0 Å². The van der Waals surface area contributed by atoms with Gasteiger partial charge in [0.2, 0.25) is 0 Å². The largest absolute Gasteiger partial charge is 0.418 e. The molecule has 0 aliphatic carbocycles. The predicted octanol–water partition coefficient (Wildman–Crippen LogP) is 3.51. The molecule has 1 fully saturated rings. The molecule has 3 aromatic rings. The Hall–Kier alpha value is -2.68. The van der Waals surface area contributed by atoms with E-state index in [-0.39, 0.29) is 11.7 Å². The molecule has 2 aromatic heterocycles. The van der Waals surface area contributed by atoms with Crippen LogP contribution >= 0.6 is 0 Å². The van der Waals surface area contributed by atoms with Crippen molar-refractivity contribution < 1.29 is 13.2 Å². The van der Waals surface area contributed by atoms with Gasteiger partial charge in [0, 0.05) is 0 Å². The highest BCUT2D eigenvalue weighted by atomic mass is 19.4. The van der Waals surface area contributed by atoms with E-state index in [2.05, 4.69) is 25.7 Å². The second-order valence-corrected chi connectivity index (χ2v) is 6.20. The van der Waals surface area contributed by atoms with Gasteiger partial charge in [0.25, 0.3) is 0 Å². The Morgan fingerprint density at radius 1 is 1.12 bits per heavy atom. The van der Waals surface area contributed by atoms with Gasteiger partial charge in [0.1, 0.15) is 12.1 Å². The maximum absolute atomic E-state index is 13.2. The molecular weight excluding hydrogens is 345 g/mol. The second kappa shape index (κ2) is 6.56. The first-order valence-electron chi connectivity index (χ1n) is 8.36. The molecule has 3 heterocycles. The summed E-state index contributed by atoms with van der Waals surface area (Å²) in [7, 11) is 0. The number of nitrogens with one attached hydrogen (secondary N) is 2. The molecule has 0 bridgehead atoms. The summed E-state index contributed by atoms with van der Waals surface area (Å²) in [6, 6.07) is 5.55. The standard InChI is InChI=1S/C17H17F3N6/c18-17(19,20)13-3-1-2-4-14(13)25-15-12-9-24-26(16(12)23-10-22-15)11-5-7-21-8-6-11/h1-4,9-11,21H,5-8H2,(H,22,23,25). The summed E-state index contributed by atoms with van der Waals surface area (Å²) < 4.78 is 41.5. The summed E-state index contributed by atoms with van der Waals surface area (Å²) >= 11 is 0. The number of rotatable bonds is 3. The number of anilines is 2. The molecule has 0 amide bonds. The van der Waals surface area contributed by atoms with Crippen LogP contribution in [-0.2, 0) is 6.18 Å². The van der Waals surface area contributed by atoms with Crippen molar-refractivity contribution in [2.24, 2.45) is 0 Å². The van der Waals surface area contributed by atoms with E-state index in [0.29, 0.717) is 16.9 Å². The lowest BCUT2D eigenvalue weighted by Gasteiger charge is -2.23. The van der Waals surface area contributed by atoms with Crippen LogP contribution in [0.3, 0.4) is 0 Å². The van der Waals surface area contributed by atoms with E-state index in [1.54, 1.807) is 12.3 Å². The number of benzene rings is 1. The summed E-state index contributed by atoms with van der Waals surface area (Å²) in [5.41, 5.74) is -0.161. The normalized spacial score (nSPS) is 16.1. The number of hydrogen-bond donors (Lipinski definition) is 2. The van der Waals surface area contributed by atoms with Crippen LogP contribution < -0.4 is 10.6 Å². The van der Waals surface area contributed by atoms with Crippen molar-refractivity contribution in [1.29, 1.82) is 0 Å². The molecule has 6 nitrogen and oxygen atoms in total. The summed E-state index contributed by atoms with van der Waals surface area (Å²) in [4.78, 5) is 8.43. The van der Waals surface area contributed by atoms with Gasteiger partial charge in [-0.1, -0.05) is 12.1 Å². The maximum Gasteiger partial charge on any atom is 0.418 e. The van der Waals surface area contributed by atoms with Crippen molar-refractivity contribution in [2.45, 2.75) is 25.1 Å². The number of para-hydroxylation sites is 1. The van der Waals surface area contributed by atoms with Crippen LogP contribution in [-0.4, -0.2) is 32.8 Å². The van der Waals surface area contributed by atoms with Crippen molar-refractivity contribution >= 4 is 22.5 Å². The van der Waals surface area contributed by atoms with Crippen molar-refractivity contribution in [3.05, 3.63) is 42.4 Å². The molecule has 2 N–H and O–H groups in total. The Labute approximate surface area is 147 Å². The number of aromatic nitrogens is 4. The zero-order valence-corrected chi connectivity index (χ0v) is 13.8. The van der Waals surface area contributed by atoms with Crippen molar-refractivity contribution in [3.63, 3.8) is 0 Å². The summed E-state index contributed by atoms with van der Waals surface area (Å²) in [6.45, 7) is 1.81. The number of nitrogens with zero attached hydrogens (tertiary/aromatic N) is 4. The minimum atomic E-state index is -4.45. The molecule has 26 heavy (non-hydrogen) atoms. The molecule has 136 valence electrons. The van der Waals surface area contributed by atoms with Crippen LogP contribution in [0, 0.1) is 0 Å². The monoisotopic (exact) mass is 362 g/mol. The zero-order chi connectivity index (χ0) is 18.1. The topological polar surface area (TPSA) is 67.7 Å². The highest BCUT2D eigenvalue weighted by Gasteiger charge is 2.33. The van der Waals surface area contributed by atoms with Crippen molar-refractivity contribution in [1.82, 2.24) is 25.1 Å². The molecule has 4 rings (SSSR count). The van der Waals surface area contributed by atoms with E-state index in [0.717, 1.165) is 32.0 Å². The van der Waals surface area contributed by atoms with Gasteiger partial charge in [-0.3, -0.25) is 0 Å². The fourth-order valence-electron chi connectivity index (χ4n) is 3.25.